The number of rotatable bonds is 4. The fourth-order valence-electron chi connectivity index (χ4n) is 3.85. The van der Waals surface area contributed by atoms with Gasteiger partial charge in [0, 0.05) is 24.7 Å². The van der Waals surface area contributed by atoms with Crippen molar-refractivity contribution in [3.8, 4) is 17.6 Å². The summed E-state index contributed by atoms with van der Waals surface area (Å²) in [6, 6.07) is 12.7. The summed E-state index contributed by atoms with van der Waals surface area (Å²) in [4.78, 5) is 26.8. The molecule has 0 aromatic heterocycles. The lowest BCUT2D eigenvalue weighted by Gasteiger charge is -2.18. The molecule has 0 radical (unpaired) electrons. The summed E-state index contributed by atoms with van der Waals surface area (Å²) in [5.74, 6) is -0.532. The van der Waals surface area contributed by atoms with Crippen LogP contribution in [0.5, 0.6) is 11.5 Å². The fraction of sp³-hybridized carbons (Fsp3) is 0.318. The normalized spacial score (nSPS) is 17.9. The number of esters is 1. The van der Waals surface area contributed by atoms with Crippen LogP contribution in [0.4, 0.5) is 5.69 Å². The predicted molar refractivity (Wildman–Crippen MR) is 102 cm³/mol. The Hall–Kier alpha value is -3.33. The molecule has 142 valence electrons. The smallest absolute Gasteiger partial charge is 0.316 e. The number of aryl methyl sites for hydroxylation is 2. The molecule has 0 N–H and O–H groups in total. The summed E-state index contributed by atoms with van der Waals surface area (Å²) >= 11 is 0. The van der Waals surface area contributed by atoms with Gasteiger partial charge in [-0.2, -0.15) is 5.26 Å². The second-order valence-corrected chi connectivity index (χ2v) is 7.11. The first-order valence-electron chi connectivity index (χ1n) is 9.31. The van der Waals surface area contributed by atoms with Crippen molar-refractivity contribution in [3.63, 3.8) is 0 Å². The maximum atomic E-state index is 12.6. The zero-order valence-electron chi connectivity index (χ0n) is 15.6. The minimum absolute atomic E-state index is 0.0771. The van der Waals surface area contributed by atoms with Crippen LogP contribution in [-0.2, 0) is 22.4 Å². The minimum Gasteiger partial charge on any atom is -0.493 e. The van der Waals surface area contributed by atoms with Crippen molar-refractivity contribution in [2.24, 2.45) is 5.92 Å². The molecule has 1 fully saturated rings. The fourth-order valence-corrected chi connectivity index (χ4v) is 3.85. The number of carbonyl (C=O) groups is 2. The molecule has 0 bridgehead atoms. The van der Waals surface area contributed by atoms with E-state index in [4.69, 9.17) is 14.7 Å². The van der Waals surface area contributed by atoms with Gasteiger partial charge in [-0.25, -0.2) is 0 Å². The van der Waals surface area contributed by atoms with Gasteiger partial charge in [-0.3, -0.25) is 9.59 Å². The van der Waals surface area contributed by atoms with Crippen molar-refractivity contribution >= 4 is 17.6 Å². The number of methoxy groups -OCH3 is 1. The van der Waals surface area contributed by atoms with Gasteiger partial charge >= 0.3 is 5.97 Å². The molecule has 6 heteroatoms. The monoisotopic (exact) mass is 376 g/mol. The van der Waals surface area contributed by atoms with Gasteiger partial charge < -0.3 is 14.4 Å². The Morgan fingerprint density at radius 2 is 1.96 bits per heavy atom. The van der Waals surface area contributed by atoms with Crippen molar-refractivity contribution < 1.29 is 19.1 Å². The maximum absolute atomic E-state index is 12.6. The summed E-state index contributed by atoms with van der Waals surface area (Å²) in [6.07, 6.45) is 3.39. The average Bonchev–Trinajstić information content (AvgIpc) is 3.34. The highest BCUT2D eigenvalue weighted by atomic mass is 16.6. The molecule has 2 aromatic rings. The third-order valence-electron chi connectivity index (χ3n) is 5.36. The first kappa shape index (κ1) is 18.1. The minimum atomic E-state index is -0.541. The highest BCUT2D eigenvalue weighted by Gasteiger charge is 2.37. The Bertz CT molecular complexity index is 993. The number of carbonyl (C=O) groups excluding carboxylic acids is 2. The number of anilines is 1. The van der Waals surface area contributed by atoms with E-state index in [9.17, 15) is 9.59 Å². The standard InChI is InChI=1S/C22H20N2O4/c1-27-20-9-14(12-23)5-8-19(20)28-22(26)17-11-21(25)24(13-17)18-7-6-15-3-2-4-16(15)10-18/h5-10,17H,2-4,11,13H2,1H3. The predicted octanol–water partition coefficient (Wildman–Crippen LogP) is 3.01. The summed E-state index contributed by atoms with van der Waals surface area (Å²) in [5, 5.41) is 8.97. The summed E-state index contributed by atoms with van der Waals surface area (Å²) in [5.41, 5.74) is 3.89. The van der Waals surface area contributed by atoms with E-state index in [0.717, 1.165) is 24.9 Å². The van der Waals surface area contributed by atoms with Crippen LogP contribution < -0.4 is 14.4 Å². The SMILES string of the molecule is COc1cc(C#N)ccc1OC(=O)C1CC(=O)N(c2ccc3c(c2)CCC3)C1. The zero-order chi connectivity index (χ0) is 19.7. The number of amides is 1. The first-order valence-corrected chi connectivity index (χ1v) is 9.31. The highest BCUT2D eigenvalue weighted by molar-refractivity contribution is 5.99. The van der Waals surface area contributed by atoms with E-state index in [-0.39, 0.29) is 18.1 Å². The van der Waals surface area contributed by atoms with Crippen LogP contribution in [0.25, 0.3) is 0 Å². The molecule has 0 spiro atoms. The molecular formula is C22H20N2O4. The van der Waals surface area contributed by atoms with Crippen LogP contribution in [0.2, 0.25) is 0 Å². The van der Waals surface area contributed by atoms with Gasteiger partial charge in [-0.1, -0.05) is 6.07 Å². The van der Waals surface area contributed by atoms with E-state index in [0.29, 0.717) is 17.9 Å². The maximum Gasteiger partial charge on any atom is 0.316 e. The highest BCUT2D eigenvalue weighted by Crippen LogP contribution is 2.33. The molecule has 2 aliphatic rings. The van der Waals surface area contributed by atoms with Gasteiger partial charge in [0.15, 0.2) is 11.5 Å². The number of nitrogens with zero attached hydrogens (tertiary/aromatic N) is 2. The molecule has 2 aromatic carbocycles. The molecule has 1 aliphatic heterocycles. The van der Waals surface area contributed by atoms with Crippen LogP contribution in [-0.4, -0.2) is 25.5 Å². The van der Waals surface area contributed by atoms with Gasteiger partial charge in [-0.05, 0) is 54.7 Å². The second-order valence-electron chi connectivity index (χ2n) is 7.11. The lowest BCUT2D eigenvalue weighted by atomic mass is 10.1. The number of hydrogen-bond acceptors (Lipinski definition) is 5. The molecule has 1 saturated heterocycles. The van der Waals surface area contributed by atoms with Crippen molar-refractivity contribution in [1.29, 1.82) is 5.26 Å². The molecule has 6 nitrogen and oxygen atoms in total. The summed E-state index contributed by atoms with van der Waals surface area (Å²) in [7, 11) is 1.45. The van der Waals surface area contributed by atoms with Gasteiger partial charge in [-0.15, -0.1) is 0 Å². The Balaban J connectivity index is 1.48. The van der Waals surface area contributed by atoms with E-state index < -0.39 is 11.9 Å². The van der Waals surface area contributed by atoms with Crippen LogP contribution in [0.3, 0.4) is 0 Å². The Labute approximate surface area is 163 Å². The van der Waals surface area contributed by atoms with Gasteiger partial charge in [0.05, 0.1) is 24.7 Å². The second kappa shape index (κ2) is 7.35. The van der Waals surface area contributed by atoms with E-state index in [2.05, 4.69) is 12.1 Å². The van der Waals surface area contributed by atoms with Crippen LogP contribution in [0.15, 0.2) is 36.4 Å². The van der Waals surface area contributed by atoms with Crippen LogP contribution >= 0.6 is 0 Å². The third kappa shape index (κ3) is 3.31. The number of benzene rings is 2. The average molecular weight is 376 g/mol. The lowest BCUT2D eigenvalue weighted by Crippen LogP contribution is -2.27. The van der Waals surface area contributed by atoms with E-state index >= 15 is 0 Å². The lowest BCUT2D eigenvalue weighted by molar-refractivity contribution is -0.139. The Kier molecular flexibility index (Phi) is 4.74. The molecule has 4 rings (SSSR count). The van der Waals surface area contributed by atoms with Crippen molar-refractivity contribution in [3.05, 3.63) is 53.1 Å². The largest absolute Gasteiger partial charge is 0.493 e. The van der Waals surface area contributed by atoms with E-state index in [1.54, 1.807) is 11.0 Å². The van der Waals surface area contributed by atoms with Crippen molar-refractivity contribution in [1.82, 2.24) is 0 Å². The van der Waals surface area contributed by atoms with Crippen molar-refractivity contribution in [2.75, 3.05) is 18.6 Å². The Morgan fingerprint density at radius 1 is 1.14 bits per heavy atom. The van der Waals surface area contributed by atoms with E-state index in [1.807, 2.05) is 12.1 Å². The topological polar surface area (TPSA) is 79.6 Å². The van der Waals surface area contributed by atoms with Crippen LogP contribution in [0.1, 0.15) is 29.5 Å². The Morgan fingerprint density at radius 3 is 2.75 bits per heavy atom. The summed E-state index contributed by atoms with van der Waals surface area (Å²) < 4.78 is 10.7. The number of nitriles is 1. The molecule has 1 heterocycles. The third-order valence-corrected chi connectivity index (χ3v) is 5.36. The van der Waals surface area contributed by atoms with Crippen LogP contribution in [0, 0.1) is 17.2 Å². The number of ether oxygens (including phenoxy) is 2. The first-order chi connectivity index (χ1) is 13.6. The van der Waals surface area contributed by atoms with Gasteiger partial charge in [0.25, 0.3) is 0 Å². The zero-order valence-corrected chi connectivity index (χ0v) is 15.6. The molecule has 1 aliphatic carbocycles. The van der Waals surface area contributed by atoms with E-state index in [1.165, 1.54) is 30.4 Å². The number of fused-ring (bicyclic) bond motifs is 1. The quantitative estimate of drug-likeness (QED) is 0.605. The molecule has 1 amide bonds. The molecular weight excluding hydrogens is 356 g/mol. The summed E-state index contributed by atoms with van der Waals surface area (Å²) in [6.45, 7) is 0.301. The molecule has 28 heavy (non-hydrogen) atoms. The van der Waals surface area contributed by atoms with Gasteiger partial charge in [0.2, 0.25) is 5.91 Å². The van der Waals surface area contributed by atoms with Gasteiger partial charge in [0.1, 0.15) is 0 Å². The molecule has 1 unspecified atom stereocenters. The number of hydrogen-bond donors (Lipinski definition) is 0. The van der Waals surface area contributed by atoms with Crippen molar-refractivity contribution in [2.45, 2.75) is 25.7 Å². The molecule has 1 atom stereocenters. The molecule has 0 saturated carbocycles.